The lowest BCUT2D eigenvalue weighted by molar-refractivity contribution is -0.379. The number of rotatable bonds is 3. The van der Waals surface area contributed by atoms with Crippen LogP contribution in [0.3, 0.4) is 0 Å². The average molecular weight is 289 g/mol. The predicted octanol–water partition coefficient (Wildman–Crippen LogP) is 3.71. The fourth-order valence-corrected chi connectivity index (χ4v) is 3.39. The van der Waals surface area contributed by atoms with Gasteiger partial charge in [0.05, 0.1) is 4.92 Å². The highest BCUT2D eigenvalue weighted by molar-refractivity contribution is 7.19. The van der Waals surface area contributed by atoms with Crippen molar-refractivity contribution < 1.29 is 4.92 Å². The molecule has 2 aromatic rings. The second-order valence-corrected chi connectivity index (χ2v) is 5.78. The van der Waals surface area contributed by atoms with E-state index >= 15 is 0 Å². The van der Waals surface area contributed by atoms with Crippen LogP contribution in [0, 0.1) is 10.1 Å². The predicted molar refractivity (Wildman–Crippen MR) is 80.3 cm³/mol. The third-order valence-electron chi connectivity index (χ3n) is 3.44. The van der Waals surface area contributed by atoms with Gasteiger partial charge in [-0.15, -0.1) is 0 Å². The Kier molecular flexibility index (Phi) is 3.64. The summed E-state index contributed by atoms with van der Waals surface area (Å²) in [7, 11) is 0. The Balaban J connectivity index is 2.00. The van der Waals surface area contributed by atoms with Gasteiger partial charge in [0.25, 0.3) is 0 Å². The lowest BCUT2D eigenvalue weighted by Crippen LogP contribution is -2.29. The van der Waals surface area contributed by atoms with Crippen molar-refractivity contribution in [3.05, 3.63) is 40.4 Å². The van der Waals surface area contributed by atoms with Crippen LogP contribution >= 0.6 is 11.3 Å². The van der Waals surface area contributed by atoms with Gasteiger partial charge in [-0.05, 0) is 30.6 Å². The zero-order chi connectivity index (χ0) is 13.9. The van der Waals surface area contributed by atoms with Crippen LogP contribution in [0.1, 0.15) is 19.3 Å². The Morgan fingerprint density at radius 1 is 1.15 bits per heavy atom. The van der Waals surface area contributed by atoms with Gasteiger partial charge < -0.3 is 4.90 Å². The zero-order valence-corrected chi connectivity index (χ0v) is 11.8. The first kappa shape index (κ1) is 13.1. The highest BCUT2D eigenvalue weighted by atomic mass is 32.1. The average Bonchev–Trinajstić information content (AvgIpc) is 2.94. The molecule has 1 fully saturated rings. The van der Waals surface area contributed by atoms with E-state index in [0.29, 0.717) is 5.69 Å². The van der Waals surface area contributed by atoms with E-state index < -0.39 is 0 Å². The minimum Gasteiger partial charge on any atom is -0.348 e. The Morgan fingerprint density at radius 3 is 2.50 bits per heavy atom. The summed E-state index contributed by atoms with van der Waals surface area (Å²) in [6, 6.07) is 9.37. The largest absolute Gasteiger partial charge is 0.353 e. The smallest absolute Gasteiger partial charge is 0.348 e. The van der Waals surface area contributed by atoms with Crippen LogP contribution in [0.4, 0.5) is 10.1 Å². The standard InChI is InChI=1S/C14H15N3O2S/c18-17(19)13-12(11-7-3-1-4-8-11)15-14(20-13)16-9-5-2-6-10-16/h1,3-4,7-8H,2,5-6,9-10H2. The number of benzene rings is 1. The second kappa shape index (κ2) is 5.58. The topological polar surface area (TPSA) is 59.3 Å². The number of nitrogens with zero attached hydrogens (tertiary/aromatic N) is 3. The Morgan fingerprint density at radius 2 is 1.85 bits per heavy atom. The Hall–Kier alpha value is -1.95. The summed E-state index contributed by atoms with van der Waals surface area (Å²) in [6.07, 6.45) is 3.50. The zero-order valence-electron chi connectivity index (χ0n) is 11.0. The first-order valence-corrected chi connectivity index (χ1v) is 7.53. The van der Waals surface area contributed by atoms with E-state index in [9.17, 15) is 10.1 Å². The van der Waals surface area contributed by atoms with Gasteiger partial charge in [-0.3, -0.25) is 10.1 Å². The summed E-state index contributed by atoms with van der Waals surface area (Å²) in [4.78, 5) is 17.6. The molecular weight excluding hydrogens is 274 g/mol. The van der Waals surface area contributed by atoms with Crippen LogP contribution in [0.25, 0.3) is 11.3 Å². The molecule has 5 nitrogen and oxygen atoms in total. The van der Waals surface area contributed by atoms with Gasteiger partial charge in [0.2, 0.25) is 0 Å². The molecule has 104 valence electrons. The number of hydrogen-bond acceptors (Lipinski definition) is 5. The van der Waals surface area contributed by atoms with E-state index in [1.54, 1.807) is 0 Å². The molecule has 2 heterocycles. The highest BCUT2D eigenvalue weighted by Crippen LogP contribution is 2.39. The van der Waals surface area contributed by atoms with Gasteiger partial charge in [-0.25, -0.2) is 4.98 Å². The molecule has 1 aromatic carbocycles. The quantitative estimate of drug-likeness (QED) is 0.638. The summed E-state index contributed by atoms with van der Waals surface area (Å²) in [5.74, 6) is 0. The number of aromatic nitrogens is 1. The molecule has 20 heavy (non-hydrogen) atoms. The van der Waals surface area contributed by atoms with Crippen molar-refractivity contribution in [2.24, 2.45) is 0 Å². The number of hydrogen-bond donors (Lipinski definition) is 0. The number of anilines is 1. The molecule has 1 aliphatic rings. The summed E-state index contributed by atoms with van der Waals surface area (Å²) in [5.41, 5.74) is 1.29. The van der Waals surface area contributed by atoms with E-state index in [1.165, 1.54) is 17.8 Å². The normalized spacial score (nSPS) is 15.3. The molecule has 1 aliphatic heterocycles. The summed E-state index contributed by atoms with van der Waals surface area (Å²) < 4.78 is 0. The maximum atomic E-state index is 11.2. The molecule has 1 aromatic heterocycles. The van der Waals surface area contributed by atoms with Gasteiger partial charge in [-0.2, -0.15) is 0 Å². The molecule has 0 unspecified atom stereocenters. The summed E-state index contributed by atoms with van der Waals surface area (Å²) in [5, 5.41) is 12.2. The fraction of sp³-hybridized carbons (Fsp3) is 0.357. The second-order valence-electron chi connectivity index (χ2n) is 4.82. The lowest BCUT2D eigenvalue weighted by atomic mass is 10.1. The van der Waals surface area contributed by atoms with Crippen LogP contribution in [0.15, 0.2) is 30.3 Å². The van der Waals surface area contributed by atoms with Crippen molar-refractivity contribution in [2.45, 2.75) is 19.3 Å². The van der Waals surface area contributed by atoms with E-state index in [0.717, 1.165) is 36.6 Å². The Labute approximate surface area is 121 Å². The monoisotopic (exact) mass is 289 g/mol. The fourth-order valence-electron chi connectivity index (χ4n) is 2.43. The molecule has 6 heteroatoms. The molecule has 0 aliphatic carbocycles. The van der Waals surface area contributed by atoms with Crippen molar-refractivity contribution in [3.63, 3.8) is 0 Å². The minimum absolute atomic E-state index is 0.136. The molecule has 0 N–H and O–H groups in total. The summed E-state index contributed by atoms with van der Waals surface area (Å²) >= 11 is 1.18. The number of thiazole rings is 1. The molecule has 0 radical (unpaired) electrons. The molecule has 0 saturated carbocycles. The van der Waals surface area contributed by atoms with E-state index in [-0.39, 0.29) is 9.92 Å². The molecular formula is C14H15N3O2S. The molecule has 3 rings (SSSR count). The van der Waals surface area contributed by atoms with E-state index in [4.69, 9.17) is 0 Å². The van der Waals surface area contributed by atoms with Crippen molar-refractivity contribution >= 4 is 21.5 Å². The maximum absolute atomic E-state index is 11.2. The maximum Gasteiger partial charge on any atom is 0.353 e. The third-order valence-corrected chi connectivity index (χ3v) is 4.51. The number of piperidine rings is 1. The van der Waals surface area contributed by atoms with Crippen LogP contribution in [-0.4, -0.2) is 23.0 Å². The van der Waals surface area contributed by atoms with E-state index in [2.05, 4.69) is 9.88 Å². The molecule has 0 spiro atoms. The third kappa shape index (κ3) is 2.51. The van der Waals surface area contributed by atoms with Crippen LogP contribution in [0.2, 0.25) is 0 Å². The molecule has 0 bridgehead atoms. The van der Waals surface area contributed by atoms with Gasteiger partial charge in [0.15, 0.2) is 10.8 Å². The molecule has 0 amide bonds. The van der Waals surface area contributed by atoms with Gasteiger partial charge in [-0.1, -0.05) is 30.3 Å². The van der Waals surface area contributed by atoms with Crippen molar-refractivity contribution in [2.75, 3.05) is 18.0 Å². The SMILES string of the molecule is O=[N+]([O-])c1sc(N2CCCCC2)nc1-c1ccccc1. The van der Waals surface area contributed by atoms with Gasteiger partial charge in [0.1, 0.15) is 0 Å². The molecule has 1 saturated heterocycles. The van der Waals surface area contributed by atoms with Gasteiger partial charge in [0, 0.05) is 18.7 Å². The highest BCUT2D eigenvalue weighted by Gasteiger charge is 2.25. The van der Waals surface area contributed by atoms with Crippen LogP contribution in [0.5, 0.6) is 0 Å². The Bertz CT molecular complexity index is 606. The molecule has 0 atom stereocenters. The van der Waals surface area contributed by atoms with Crippen LogP contribution < -0.4 is 4.90 Å². The van der Waals surface area contributed by atoms with E-state index in [1.807, 2.05) is 30.3 Å². The van der Waals surface area contributed by atoms with Crippen molar-refractivity contribution in [3.8, 4) is 11.3 Å². The summed E-state index contributed by atoms with van der Waals surface area (Å²) in [6.45, 7) is 1.89. The van der Waals surface area contributed by atoms with Crippen molar-refractivity contribution in [1.29, 1.82) is 0 Å². The lowest BCUT2D eigenvalue weighted by Gasteiger charge is -2.25. The minimum atomic E-state index is -0.326. The van der Waals surface area contributed by atoms with Crippen LogP contribution in [-0.2, 0) is 0 Å². The first-order chi connectivity index (χ1) is 9.75. The van der Waals surface area contributed by atoms with Crippen molar-refractivity contribution in [1.82, 2.24) is 4.98 Å². The van der Waals surface area contributed by atoms with Gasteiger partial charge >= 0.3 is 5.00 Å². The first-order valence-electron chi connectivity index (χ1n) is 6.71. The number of nitro groups is 1.